The predicted molar refractivity (Wildman–Crippen MR) is 136 cm³/mol. The molecule has 5 nitrogen and oxygen atoms in total. The molecule has 0 spiro atoms. The van der Waals surface area contributed by atoms with Gasteiger partial charge in [0.25, 0.3) is 11.5 Å². The summed E-state index contributed by atoms with van der Waals surface area (Å²) >= 11 is 11.7. The van der Waals surface area contributed by atoms with Crippen LogP contribution in [0.5, 0.6) is 0 Å². The number of nitrogens with zero attached hydrogens (tertiary/aromatic N) is 2. The van der Waals surface area contributed by atoms with Crippen molar-refractivity contribution in [2.75, 3.05) is 5.32 Å². The first-order chi connectivity index (χ1) is 14.9. The highest BCUT2D eigenvalue weighted by Gasteiger charge is 2.25. The van der Waals surface area contributed by atoms with Gasteiger partial charge in [-0.25, -0.2) is 4.98 Å². The zero-order valence-corrected chi connectivity index (χ0v) is 20.2. The lowest BCUT2D eigenvalue weighted by Crippen LogP contribution is -2.22. The lowest BCUT2D eigenvalue weighted by Gasteiger charge is -2.12. The highest BCUT2D eigenvalue weighted by atomic mass is 127. The van der Waals surface area contributed by atoms with E-state index in [1.165, 1.54) is 4.57 Å². The molecule has 1 aliphatic rings. The molecule has 0 saturated heterocycles. The second kappa shape index (κ2) is 7.89. The Balaban J connectivity index is 1.82. The fourth-order valence-electron chi connectivity index (χ4n) is 3.54. The molecule has 1 aliphatic heterocycles. The van der Waals surface area contributed by atoms with Crippen molar-refractivity contribution >= 4 is 84.3 Å². The third kappa shape index (κ3) is 3.71. The molecule has 0 bridgehead atoms. The van der Waals surface area contributed by atoms with Crippen LogP contribution in [0, 0.1) is 3.57 Å². The quantitative estimate of drug-likeness (QED) is 0.229. The molecular weight excluding hydrogens is 593 g/mol. The molecule has 1 amide bonds. The van der Waals surface area contributed by atoms with Crippen LogP contribution in [0.4, 0.5) is 5.69 Å². The summed E-state index contributed by atoms with van der Waals surface area (Å²) in [6, 6.07) is 18.0. The number of anilines is 1. The van der Waals surface area contributed by atoms with Gasteiger partial charge in [0.2, 0.25) is 0 Å². The summed E-state index contributed by atoms with van der Waals surface area (Å²) in [7, 11) is 0. The van der Waals surface area contributed by atoms with E-state index < -0.39 is 0 Å². The Morgan fingerprint density at radius 1 is 1.03 bits per heavy atom. The number of hydrogen-bond acceptors (Lipinski definition) is 3. The number of nitrogens with one attached hydrogen (secondary N) is 1. The van der Waals surface area contributed by atoms with Crippen molar-refractivity contribution in [3.8, 4) is 5.69 Å². The van der Waals surface area contributed by atoms with E-state index in [-0.39, 0.29) is 11.5 Å². The highest BCUT2D eigenvalue weighted by molar-refractivity contribution is 14.1. The summed E-state index contributed by atoms with van der Waals surface area (Å²) < 4.78 is 3.29. The van der Waals surface area contributed by atoms with Gasteiger partial charge in [0.1, 0.15) is 5.82 Å². The van der Waals surface area contributed by atoms with E-state index in [4.69, 9.17) is 16.6 Å². The number of benzene rings is 3. The van der Waals surface area contributed by atoms with Crippen molar-refractivity contribution in [1.29, 1.82) is 0 Å². The monoisotopic (exact) mass is 603 g/mol. The summed E-state index contributed by atoms with van der Waals surface area (Å²) in [5.74, 6) is 0.117. The zero-order valence-electron chi connectivity index (χ0n) is 15.7. The molecule has 0 atom stereocenters. The summed E-state index contributed by atoms with van der Waals surface area (Å²) in [6.07, 6.45) is 1.65. The van der Waals surface area contributed by atoms with Crippen molar-refractivity contribution in [2.45, 2.75) is 0 Å². The van der Waals surface area contributed by atoms with Gasteiger partial charge < -0.3 is 5.32 Å². The molecule has 1 aromatic heterocycles. The number of carbonyl (C=O) groups excluding carboxylic acids is 1. The highest BCUT2D eigenvalue weighted by Crippen LogP contribution is 2.35. The van der Waals surface area contributed by atoms with Crippen molar-refractivity contribution in [1.82, 2.24) is 9.55 Å². The Morgan fingerprint density at radius 3 is 2.58 bits per heavy atom. The standard InChI is InChI=1S/C23H12BrClIN3O2/c24-12-1-7-19-16(9-12)17(22(30)28-19)11-21-27-20-8-4-14(26)10-18(20)23(31)29(21)15-5-2-13(25)3-6-15/h1-11H,(H,28,30). The smallest absolute Gasteiger partial charge is 0.266 e. The maximum absolute atomic E-state index is 13.5. The van der Waals surface area contributed by atoms with Crippen LogP contribution in [0.1, 0.15) is 11.4 Å². The van der Waals surface area contributed by atoms with E-state index in [9.17, 15) is 9.59 Å². The second-order valence-corrected chi connectivity index (χ2v) is 9.55. The lowest BCUT2D eigenvalue weighted by atomic mass is 10.1. The maximum atomic E-state index is 13.5. The minimum absolute atomic E-state index is 0.217. The van der Waals surface area contributed by atoms with Gasteiger partial charge in [0.05, 0.1) is 22.2 Å². The summed E-state index contributed by atoms with van der Waals surface area (Å²) in [5.41, 5.74) is 2.87. The Kier molecular flexibility index (Phi) is 5.19. The van der Waals surface area contributed by atoms with E-state index in [1.807, 2.05) is 36.4 Å². The molecule has 2 heterocycles. The van der Waals surface area contributed by atoms with Crippen LogP contribution < -0.4 is 10.9 Å². The molecule has 0 unspecified atom stereocenters. The molecule has 8 heteroatoms. The molecule has 0 aliphatic carbocycles. The topological polar surface area (TPSA) is 64.0 Å². The Morgan fingerprint density at radius 2 is 1.81 bits per heavy atom. The lowest BCUT2D eigenvalue weighted by molar-refractivity contribution is -0.110. The Hall–Kier alpha value is -2.49. The third-order valence-electron chi connectivity index (χ3n) is 4.98. The van der Waals surface area contributed by atoms with Gasteiger partial charge in [-0.15, -0.1) is 0 Å². The predicted octanol–water partition coefficient (Wildman–Crippen LogP) is 5.90. The minimum atomic E-state index is -0.243. The van der Waals surface area contributed by atoms with E-state index in [0.29, 0.717) is 33.0 Å². The third-order valence-corrected chi connectivity index (χ3v) is 6.40. The van der Waals surface area contributed by atoms with Gasteiger partial charge in [0, 0.05) is 24.3 Å². The first-order valence-electron chi connectivity index (χ1n) is 9.22. The van der Waals surface area contributed by atoms with Gasteiger partial charge in [-0.05, 0) is 89.3 Å². The molecular formula is C23H12BrClIN3O2. The number of halogens is 3. The average molecular weight is 605 g/mol. The summed E-state index contributed by atoms with van der Waals surface area (Å²) in [5, 5.41) is 3.93. The molecule has 0 radical (unpaired) electrons. The molecule has 1 N–H and O–H groups in total. The molecule has 0 saturated carbocycles. The van der Waals surface area contributed by atoms with E-state index in [0.717, 1.165) is 19.3 Å². The minimum Gasteiger partial charge on any atom is -0.321 e. The van der Waals surface area contributed by atoms with Crippen LogP contribution in [0.3, 0.4) is 0 Å². The summed E-state index contributed by atoms with van der Waals surface area (Å²) in [4.78, 5) is 30.9. The number of fused-ring (bicyclic) bond motifs is 2. The molecule has 31 heavy (non-hydrogen) atoms. The van der Waals surface area contributed by atoms with Crippen LogP contribution >= 0.6 is 50.1 Å². The molecule has 3 aromatic carbocycles. The van der Waals surface area contributed by atoms with Crippen LogP contribution in [-0.2, 0) is 4.79 Å². The van der Waals surface area contributed by atoms with Crippen LogP contribution in [0.15, 0.2) is 69.9 Å². The van der Waals surface area contributed by atoms with Crippen molar-refractivity contribution < 1.29 is 4.79 Å². The Labute approximate surface area is 204 Å². The zero-order chi connectivity index (χ0) is 21.7. The van der Waals surface area contributed by atoms with Gasteiger partial charge in [0.15, 0.2) is 0 Å². The maximum Gasteiger partial charge on any atom is 0.266 e. The fourth-order valence-corrected chi connectivity index (χ4v) is 4.52. The normalized spacial score (nSPS) is 14.2. The van der Waals surface area contributed by atoms with Crippen LogP contribution in [-0.4, -0.2) is 15.5 Å². The van der Waals surface area contributed by atoms with E-state index in [1.54, 1.807) is 30.3 Å². The van der Waals surface area contributed by atoms with Crippen molar-refractivity contribution in [3.05, 3.63) is 95.5 Å². The molecule has 152 valence electrons. The molecule has 4 aromatic rings. The number of carbonyl (C=O) groups is 1. The average Bonchev–Trinajstić information content (AvgIpc) is 3.04. The van der Waals surface area contributed by atoms with Gasteiger partial charge in [-0.1, -0.05) is 27.5 Å². The number of amides is 1. The van der Waals surface area contributed by atoms with Crippen molar-refractivity contribution in [2.24, 2.45) is 0 Å². The van der Waals surface area contributed by atoms with Crippen molar-refractivity contribution in [3.63, 3.8) is 0 Å². The van der Waals surface area contributed by atoms with E-state index >= 15 is 0 Å². The number of aromatic nitrogens is 2. The number of rotatable bonds is 2. The van der Waals surface area contributed by atoms with Crippen LogP contribution in [0.2, 0.25) is 5.02 Å². The number of hydrogen-bond donors (Lipinski definition) is 1. The molecule has 5 rings (SSSR count). The largest absolute Gasteiger partial charge is 0.321 e. The Bertz CT molecular complexity index is 1480. The van der Waals surface area contributed by atoms with Crippen LogP contribution in [0.25, 0.3) is 28.2 Å². The van der Waals surface area contributed by atoms with Gasteiger partial charge >= 0.3 is 0 Å². The second-order valence-electron chi connectivity index (χ2n) is 6.95. The first kappa shape index (κ1) is 20.4. The fraction of sp³-hybridized carbons (Fsp3) is 0. The van der Waals surface area contributed by atoms with E-state index in [2.05, 4.69) is 43.8 Å². The SMILES string of the molecule is O=C1Nc2ccc(Br)cc2C1=Cc1nc2ccc(I)cc2c(=O)n1-c1ccc(Cl)cc1. The van der Waals surface area contributed by atoms with Gasteiger partial charge in [-0.3, -0.25) is 14.2 Å². The van der Waals surface area contributed by atoms with Gasteiger partial charge in [-0.2, -0.15) is 0 Å². The first-order valence-corrected chi connectivity index (χ1v) is 11.5. The molecule has 0 fully saturated rings. The summed E-state index contributed by atoms with van der Waals surface area (Å²) in [6.45, 7) is 0.